The normalized spacial score (nSPS) is 11.0. The maximum atomic E-state index is 12.2. The topological polar surface area (TPSA) is 63.2 Å². The fourth-order valence-electron chi connectivity index (χ4n) is 2.12. The predicted octanol–water partition coefficient (Wildman–Crippen LogP) is 3.67. The highest BCUT2D eigenvalue weighted by Crippen LogP contribution is 2.28. The minimum Gasteiger partial charge on any atom is -0.495 e. The molecule has 5 heteroatoms. The first-order valence-electron chi connectivity index (χ1n) is 7.48. The van der Waals surface area contributed by atoms with Gasteiger partial charge >= 0.3 is 0 Å². The van der Waals surface area contributed by atoms with E-state index in [0.29, 0.717) is 5.56 Å². The molecule has 0 bridgehead atoms. The molecule has 0 spiro atoms. The van der Waals surface area contributed by atoms with E-state index in [2.05, 4.69) is 15.6 Å². The molecule has 2 rings (SSSR count). The molecule has 23 heavy (non-hydrogen) atoms. The average molecular weight is 313 g/mol. The Kier molecular flexibility index (Phi) is 4.89. The number of aromatic nitrogens is 1. The van der Waals surface area contributed by atoms with Gasteiger partial charge in [0.2, 0.25) is 0 Å². The third kappa shape index (κ3) is 4.71. The molecule has 1 amide bonds. The summed E-state index contributed by atoms with van der Waals surface area (Å²) < 4.78 is 5.35. The first-order valence-corrected chi connectivity index (χ1v) is 7.48. The highest BCUT2D eigenvalue weighted by atomic mass is 16.5. The van der Waals surface area contributed by atoms with Crippen LogP contribution in [0.5, 0.6) is 5.75 Å². The summed E-state index contributed by atoms with van der Waals surface area (Å²) in [5, 5.41) is 6.18. The minimum absolute atomic E-state index is 0.148. The molecule has 2 aromatic rings. The number of pyridine rings is 1. The number of methoxy groups -OCH3 is 1. The van der Waals surface area contributed by atoms with E-state index in [1.165, 1.54) is 0 Å². The predicted molar refractivity (Wildman–Crippen MR) is 92.5 cm³/mol. The highest BCUT2D eigenvalue weighted by Gasteiger charge is 2.16. The third-order valence-corrected chi connectivity index (χ3v) is 3.12. The smallest absolute Gasteiger partial charge is 0.253 e. The van der Waals surface area contributed by atoms with Gasteiger partial charge in [-0.1, -0.05) is 6.07 Å². The van der Waals surface area contributed by atoms with Crippen molar-refractivity contribution in [2.24, 2.45) is 0 Å². The van der Waals surface area contributed by atoms with Crippen molar-refractivity contribution in [3.05, 3.63) is 47.8 Å². The van der Waals surface area contributed by atoms with Gasteiger partial charge in [-0.25, -0.2) is 0 Å². The van der Waals surface area contributed by atoms with Crippen LogP contribution in [0.1, 0.15) is 36.7 Å². The van der Waals surface area contributed by atoms with E-state index in [9.17, 15) is 4.79 Å². The van der Waals surface area contributed by atoms with Crippen LogP contribution in [-0.4, -0.2) is 23.5 Å². The fourth-order valence-corrected chi connectivity index (χ4v) is 2.12. The van der Waals surface area contributed by atoms with E-state index in [1.54, 1.807) is 25.6 Å². The standard InChI is InChI=1S/C18H23N3O2/c1-12-6-7-16(23-5)15(8-12)20-14-9-13(10-19-11-14)17(22)21-18(2,3)4/h6-11,20H,1-5H3,(H,21,22). The number of benzene rings is 1. The van der Waals surface area contributed by atoms with Crippen molar-refractivity contribution in [2.45, 2.75) is 33.2 Å². The molecule has 0 aliphatic rings. The molecule has 0 aliphatic heterocycles. The van der Waals surface area contributed by atoms with Crippen LogP contribution in [0, 0.1) is 6.92 Å². The number of rotatable bonds is 4. The number of nitrogens with one attached hydrogen (secondary N) is 2. The Morgan fingerprint density at radius 2 is 1.91 bits per heavy atom. The van der Waals surface area contributed by atoms with Crippen LogP contribution in [0.15, 0.2) is 36.7 Å². The maximum Gasteiger partial charge on any atom is 0.253 e. The molecule has 0 radical (unpaired) electrons. The average Bonchev–Trinajstić information content (AvgIpc) is 2.46. The van der Waals surface area contributed by atoms with Crippen LogP contribution in [0.3, 0.4) is 0 Å². The van der Waals surface area contributed by atoms with Crippen LogP contribution in [0.2, 0.25) is 0 Å². The van der Waals surface area contributed by atoms with Crippen LogP contribution in [-0.2, 0) is 0 Å². The summed E-state index contributed by atoms with van der Waals surface area (Å²) in [5.41, 5.74) is 2.90. The van der Waals surface area contributed by atoms with Gasteiger partial charge in [0, 0.05) is 11.7 Å². The summed E-state index contributed by atoms with van der Waals surface area (Å²) >= 11 is 0. The molecule has 1 heterocycles. The number of carbonyl (C=O) groups excluding carboxylic acids is 1. The summed E-state index contributed by atoms with van der Waals surface area (Å²) in [6, 6.07) is 7.65. The number of carbonyl (C=O) groups is 1. The SMILES string of the molecule is COc1ccc(C)cc1Nc1cncc(C(=O)NC(C)(C)C)c1. The Bertz CT molecular complexity index is 706. The Hall–Kier alpha value is -2.56. The summed E-state index contributed by atoms with van der Waals surface area (Å²) in [6.07, 6.45) is 3.23. The fraction of sp³-hybridized carbons (Fsp3) is 0.333. The first kappa shape index (κ1) is 16.8. The van der Waals surface area contributed by atoms with Gasteiger partial charge in [0.1, 0.15) is 5.75 Å². The Morgan fingerprint density at radius 1 is 1.17 bits per heavy atom. The van der Waals surface area contributed by atoms with E-state index < -0.39 is 0 Å². The molecule has 0 aliphatic carbocycles. The van der Waals surface area contributed by atoms with Gasteiger partial charge in [-0.2, -0.15) is 0 Å². The second-order valence-electron chi connectivity index (χ2n) is 6.50. The second-order valence-corrected chi connectivity index (χ2v) is 6.50. The summed E-state index contributed by atoms with van der Waals surface area (Å²) in [7, 11) is 1.63. The lowest BCUT2D eigenvalue weighted by Crippen LogP contribution is -2.40. The van der Waals surface area contributed by atoms with Crippen LogP contribution in [0.4, 0.5) is 11.4 Å². The van der Waals surface area contributed by atoms with E-state index in [-0.39, 0.29) is 11.4 Å². The number of hydrogen-bond donors (Lipinski definition) is 2. The lowest BCUT2D eigenvalue weighted by Gasteiger charge is -2.20. The molecule has 0 saturated carbocycles. The quantitative estimate of drug-likeness (QED) is 0.904. The van der Waals surface area contributed by atoms with Crippen molar-refractivity contribution in [3.8, 4) is 5.75 Å². The molecule has 122 valence electrons. The van der Waals surface area contributed by atoms with Gasteiger partial charge in [0.25, 0.3) is 5.91 Å². The Morgan fingerprint density at radius 3 is 2.57 bits per heavy atom. The van der Waals surface area contributed by atoms with E-state index in [4.69, 9.17) is 4.74 Å². The van der Waals surface area contributed by atoms with Gasteiger partial charge in [0.15, 0.2) is 0 Å². The molecular formula is C18H23N3O2. The van der Waals surface area contributed by atoms with Crippen molar-refractivity contribution >= 4 is 17.3 Å². The van der Waals surface area contributed by atoms with Crippen molar-refractivity contribution in [1.29, 1.82) is 0 Å². The molecule has 0 fully saturated rings. The van der Waals surface area contributed by atoms with E-state index >= 15 is 0 Å². The second kappa shape index (κ2) is 6.69. The van der Waals surface area contributed by atoms with Crippen molar-refractivity contribution < 1.29 is 9.53 Å². The highest BCUT2D eigenvalue weighted by molar-refractivity contribution is 5.95. The van der Waals surface area contributed by atoms with E-state index in [1.807, 2.05) is 45.9 Å². The molecule has 1 aromatic heterocycles. The van der Waals surface area contributed by atoms with Crippen molar-refractivity contribution in [3.63, 3.8) is 0 Å². The Balaban J connectivity index is 2.24. The summed E-state index contributed by atoms with van der Waals surface area (Å²) in [6.45, 7) is 7.84. The lowest BCUT2D eigenvalue weighted by atomic mass is 10.1. The van der Waals surface area contributed by atoms with Gasteiger partial charge in [-0.05, 0) is 51.5 Å². The molecule has 5 nitrogen and oxygen atoms in total. The van der Waals surface area contributed by atoms with E-state index in [0.717, 1.165) is 22.7 Å². The largest absolute Gasteiger partial charge is 0.495 e. The number of amides is 1. The maximum absolute atomic E-state index is 12.2. The third-order valence-electron chi connectivity index (χ3n) is 3.12. The lowest BCUT2D eigenvalue weighted by molar-refractivity contribution is 0.0919. The van der Waals surface area contributed by atoms with Gasteiger partial charge in [0.05, 0.1) is 30.2 Å². The van der Waals surface area contributed by atoms with Gasteiger partial charge in [-0.3, -0.25) is 9.78 Å². The zero-order valence-electron chi connectivity index (χ0n) is 14.2. The monoisotopic (exact) mass is 313 g/mol. The molecule has 0 atom stereocenters. The van der Waals surface area contributed by atoms with Crippen LogP contribution < -0.4 is 15.4 Å². The number of nitrogens with zero attached hydrogens (tertiary/aromatic N) is 1. The molecule has 0 saturated heterocycles. The minimum atomic E-state index is -0.291. The molecular weight excluding hydrogens is 290 g/mol. The summed E-state index contributed by atoms with van der Waals surface area (Å²) in [4.78, 5) is 16.4. The summed E-state index contributed by atoms with van der Waals surface area (Å²) in [5.74, 6) is 0.588. The number of anilines is 2. The number of hydrogen-bond acceptors (Lipinski definition) is 4. The van der Waals surface area contributed by atoms with Crippen molar-refractivity contribution in [2.75, 3.05) is 12.4 Å². The number of ether oxygens (including phenoxy) is 1. The molecule has 1 aromatic carbocycles. The molecule has 2 N–H and O–H groups in total. The van der Waals surface area contributed by atoms with Crippen molar-refractivity contribution in [1.82, 2.24) is 10.3 Å². The van der Waals surface area contributed by atoms with Crippen LogP contribution >= 0.6 is 0 Å². The zero-order chi connectivity index (χ0) is 17.0. The first-order chi connectivity index (χ1) is 10.8. The van der Waals surface area contributed by atoms with Gasteiger partial charge < -0.3 is 15.4 Å². The Labute approximate surface area is 137 Å². The van der Waals surface area contributed by atoms with Gasteiger partial charge in [-0.15, -0.1) is 0 Å². The molecule has 0 unspecified atom stereocenters. The van der Waals surface area contributed by atoms with Crippen LogP contribution in [0.25, 0.3) is 0 Å². The zero-order valence-corrected chi connectivity index (χ0v) is 14.2. The number of aryl methyl sites for hydroxylation is 1.